The van der Waals surface area contributed by atoms with E-state index in [1.165, 1.54) is 0 Å². The van der Waals surface area contributed by atoms with Gasteiger partial charge in [0.15, 0.2) is 0 Å². The Balaban J connectivity index is 1.97. The number of rotatable bonds is 1. The summed E-state index contributed by atoms with van der Waals surface area (Å²) >= 11 is 9.56. The van der Waals surface area contributed by atoms with Crippen LogP contribution in [0.3, 0.4) is 0 Å². The highest BCUT2D eigenvalue weighted by molar-refractivity contribution is 9.10. The maximum absolute atomic E-state index is 6.24. The molecule has 19 heavy (non-hydrogen) atoms. The van der Waals surface area contributed by atoms with Crippen LogP contribution in [0.2, 0.25) is 5.02 Å². The van der Waals surface area contributed by atoms with E-state index in [0.717, 1.165) is 27.8 Å². The van der Waals surface area contributed by atoms with E-state index in [1.807, 2.05) is 36.4 Å². The zero-order valence-corrected chi connectivity index (χ0v) is 12.5. The van der Waals surface area contributed by atoms with E-state index in [1.54, 1.807) is 0 Å². The molecule has 0 saturated heterocycles. The van der Waals surface area contributed by atoms with Gasteiger partial charge in [-0.25, -0.2) is 0 Å². The average molecular weight is 339 g/mol. The number of halogens is 2. The molecule has 2 atom stereocenters. The third-order valence-electron chi connectivity index (χ3n) is 3.36. The molecule has 98 valence electrons. The van der Waals surface area contributed by atoms with Gasteiger partial charge in [0.1, 0.15) is 11.9 Å². The van der Waals surface area contributed by atoms with Crippen LogP contribution in [-0.4, -0.2) is 0 Å². The molecular weight excluding hydrogens is 326 g/mol. The van der Waals surface area contributed by atoms with Gasteiger partial charge >= 0.3 is 0 Å². The summed E-state index contributed by atoms with van der Waals surface area (Å²) in [6.07, 6.45) is 0.718. The molecule has 4 heteroatoms. The van der Waals surface area contributed by atoms with Gasteiger partial charge in [0.05, 0.1) is 0 Å². The lowest BCUT2D eigenvalue weighted by atomic mass is 9.94. The minimum atomic E-state index is -0.0560. The summed E-state index contributed by atoms with van der Waals surface area (Å²) in [4.78, 5) is 0. The normalized spacial score (nSPS) is 21.6. The first-order valence-corrected chi connectivity index (χ1v) is 7.28. The lowest BCUT2D eigenvalue weighted by Crippen LogP contribution is -2.24. The Bertz CT molecular complexity index is 617. The van der Waals surface area contributed by atoms with Gasteiger partial charge in [-0.2, -0.15) is 0 Å². The van der Waals surface area contributed by atoms with Crippen LogP contribution in [-0.2, 0) is 0 Å². The van der Waals surface area contributed by atoms with Crippen LogP contribution in [0, 0.1) is 0 Å². The molecule has 2 N–H and O–H groups in total. The molecule has 0 spiro atoms. The maximum atomic E-state index is 6.24. The summed E-state index contributed by atoms with van der Waals surface area (Å²) in [5.74, 6) is 0.823. The molecule has 3 rings (SSSR count). The van der Waals surface area contributed by atoms with E-state index in [2.05, 4.69) is 22.0 Å². The van der Waals surface area contributed by atoms with Gasteiger partial charge in [0, 0.05) is 33.1 Å². The highest BCUT2D eigenvalue weighted by Crippen LogP contribution is 2.42. The number of nitrogens with two attached hydrogens (primary N) is 1. The third-order valence-corrected chi connectivity index (χ3v) is 4.32. The van der Waals surface area contributed by atoms with E-state index < -0.39 is 0 Å². The van der Waals surface area contributed by atoms with Crippen LogP contribution in [0.15, 0.2) is 46.9 Å². The highest BCUT2D eigenvalue weighted by atomic mass is 79.9. The van der Waals surface area contributed by atoms with Crippen molar-refractivity contribution in [3.8, 4) is 5.75 Å². The molecule has 0 aromatic heterocycles. The predicted molar refractivity (Wildman–Crippen MR) is 80.5 cm³/mol. The predicted octanol–water partition coefficient (Wildman–Crippen LogP) is 4.63. The van der Waals surface area contributed by atoms with Gasteiger partial charge in [-0.3, -0.25) is 0 Å². The lowest BCUT2D eigenvalue weighted by Gasteiger charge is -2.31. The average Bonchev–Trinajstić information content (AvgIpc) is 2.40. The van der Waals surface area contributed by atoms with Crippen molar-refractivity contribution in [3.05, 3.63) is 63.1 Å². The van der Waals surface area contributed by atoms with Crippen LogP contribution in [0.25, 0.3) is 0 Å². The largest absolute Gasteiger partial charge is 0.485 e. The lowest BCUT2D eigenvalue weighted by molar-refractivity contribution is 0.161. The number of ether oxygens (including phenoxy) is 1. The summed E-state index contributed by atoms with van der Waals surface area (Å²) < 4.78 is 7.10. The van der Waals surface area contributed by atoms with E-state index in [-0.39, 0.29) is 12.1 Å². The maximum Gasteiger partial charge on any atom is 0.127 e. The van der Waals surface area contributed by atoms with Gasteiger partial charge < -0.3 is 10.5 Å². The minimum Gasteiger partial charge on any atom is -0.485 e. The first-order chi connectivity index (χ1) is 9.15. The topological polar surface area (TPSA) is 35.2 Å². The van der Waals surface area contributed by atoms with Crippen molar-refractivity contribution in [3.63, 3.8) is 0 Å². The van der Waals surface area contributed by atoms with E-state index >= 15 is 0 Å². The molecule has 1 aliphatic heterocycles. The molecule has 1 aliphatic rings. The van der Waals surface area contributed by atoms with Crippen molar-refractivity contribution in [2.75, 3.05) is 0 Å². The zero-order valence-electron chi connectivity index (χ0n) is 10.1. The second-order valence-corrected chi connectivity index (χ2v) is 5.94. The Morgan fingerprint density at radius 2 is 1.95 bits per heavy atom. The van der Waals surface area contributed by atoms with E-state index in [0.29, 0.717) is 5.02 Å². The van der Waals surface area contributed by atoms with Crippen LogP contribution < -0.4 is 10.5 Å². The quantitative estimate of drug-likeness (QED) is 0.823. The smallest absolute Gasteiger partial charge is 0.127 e. The van der Waals surface area contributed by atoms with Crippen molar-refractivity contribution in [1.82, 2.24) is 0 Å². The Morgan fingerprint density at radius 1 is 1.16 bits per heavy atom. The van der Waals surface area contributed by atoms with Crippen LogP contribution in [0.4, 0.5) is 0 Å². The zero-order chi connectivity index (χ0) is 13.4. The van der Waals surface area contributed by atoms with E-state index in [9.17, 15) is 0 Å². The molecule has 2 aromatic carbocycles. The van der Waals surface area contributed by atoms with Crippen molar-refractivity contribution >= 4 is 27.5 Å². The van der Waals surface area contributed by atoms with Gasteiger partial charge in [-0.15, -0.1) is 0 Å². The SMILES string of the molecule is NC1CC(c2ccccc2Br)Oc2ccc(Cl)cc21. The van der Waals surface area contributed by atoms with Crippen molar-refractivity contribution < 1.29 is 4.74 Å². The van der Waals surface area contributed by atoms with Crippen LogP contribution in [0.1, 0.15) is 29.7 Å². The molecule has 0 amide bonds. The Kier molecular flexibility index (Phi) is 3.52. The molecule has 0 saturated carbocycles. The standard InChI is InChI=1S/C15H13BrClNO/c16-12-4-2-1-3-10(12)15-8-13(18)11-7-9(17)5-6-14(11)19-15/h1-7,13,15H,8,18H2. The molecule has 2 aromatic rings. The Hall–Kier alpha value is -1.03. The number of hydrogen-bond acceptors (Lipinski definition) is 2. The number of benzene rings is 2. The molecule has 1 heterocycles. The summed E-state index contributed by atoms with van der Waals surface area (Å²) in [5.41, 5.74) is 8.34. The van der Waals surface area contributed by atoms with Crippen molar-refractivity contribution in [1.29, 1.82) is 0 Å². The van der Waals surface area contributed by atoms with E-state index in [4.69, 9.17) is 22.1 Å². The Labute approximate surface area is 125 Å². The van der Waals surface area contributed by atoms with Gasteiger partial charge in [-0.1, -0.05) is 45.7 Å². The van der Waals surface area contributed by atoms with Gasteiger partial charge in [0.25, 0.3) is 0 Å². The second-order valence-electron chi connectivity index (χ2n) is 4.65. The first kappa shape index (κ1) is 13.0. The van der Waals surface area contributed by atoms with Gasteiger partial charge in [-0.05, 0) is 24.3 Å². The number of hydrogen-bond donors (Lipinski definition) is 1. The second kappa shape index (κ2) is 5.16. The van der Waals surface area contributed by atoms with Crippen LogP contribution in [0.5, 0.6) is 5.75 Å². The molecule has 0 fully saturated rings. The fourth-order valence-electron chi connectivity index (χ4n) is 2.40. The summed E-state index contributed by atoms with van der Waals surface area (Å²) in [7, 11) is 0. The molecule has 0 bridgehead atoms. The number of fused-ring (bicyclic) bond motifs is 1. The fourth-order valence-corrected chi connectivity index (χ4v) is 3.12. The van der Waals surface area contributed by atoms with Crippen molar-refractivity contribution in [2.45, 2.75) is 18.6 Å². The van der Waals surface area contributed by atoms with Gasteiger partial charge in [0.2, 0.25) is 0 Å². The molecule has 0 aliphatic carbocycles. The highest BCUT2D eigenvalue weighted by Gasteiger charge is 2.28. The molecule has 2 nitrogen and oxygen atoms in total. The van der Waals surface area contributed by atoms with Crippen LogP contribution >= 0.6 is 27.5 Å². The summed E-state index contributed by atoms with van der Waals surface area (Å²) in [5, 5.41) is 0.692. The fraction of sp³-hybridized carbons (Fsp3) is 0.200. The Morgan fingerprint density at radius 3 is 2.74 bits per heavy atom. The minimum absolute atomic E-state index is 0.0285. The molecule has 2 unspecified atom stereocenters. The molecular formula is C15H13BrClNO. The summed E-state index contributed by atoms with van der Waals surface area (Å²) in [6, 6.07) is 13.6. The first-order valence-electron chi connectivity index (χ1n) is 6.11. The summed E-state index contributed by atoms with van der Waals surface area (Å²) in [6.45, 7) is 0. The monoisotopic (exact) mass is 337 g/mol. The van der Waals surface area contributed by atoms with Crippen molar-refractivity contribution in [2.24, 2.45) is 5.73 Å². The third kappa shape index (κ3) is 2.50. The molecule has 0 radical (unpaired) electrons.